The maximum absolute atomic E-state index is 12.8. The highest BCUT2D eigenvalue weighted by Crippen LogP contribution is 2.32. The SMILES string of the molecule is COc1ccccc1NS(=O)(=O)c1cccc(C(=O)NCc2ccc3c(c2)OCO3)c1. The fourth-order valence-corrected chi connectivity index (χ4v) is 4.19. The smallest absolute Gasteiger partial charge is 0.262 e. The van der Waals surface area contributed by atoms with E-state index in [1.807, 2.05) is 6.07 Å². The Morgan fingerprint density at radius 3 is 2.65 bits per heavy atom. The van der Waals surface area contributed by atoms with Crippen LogP contribution in [0.2, 0.25) is 0 Å². The molecule has 0 aliphatic carbocycles. The van der Waals surface area contributed by atoms with Gasteiger partial charge in [-0.3, -0.25) is 9.52 Å². The molecule has 1 aliphatic heterocycles. The molecule has 0 atom stereocenters. The Labute approximate surface area is 179 Å². The van der Waals surface area contributed by atoms with Crippen molar-refractivity contribution < 1.29 is 27.4 Å². The normalized spacial score (nSPS) is 12.3. The highest BCUT2D eigenvalue weighted by Gasteiger charge is 2.19. The molecule has 0 unspecified atom stereocenters. The molecule has 0 aromatic heterocycles. The van der Waals surface area contributed by atoms with Crippen molar-refractivity contribution in [2.24, 2.45) is 0 Å². The number of rotatable bonds is 7. The second-order valence-electron chi connectivity index (χ2n) is 6.70. The minimum absolute atomic E-state index is 0.0332. The minimum atomic E-state index is -3.92. The van der Waals surface area contributed by atoms with E-state index in [0.29, 0.717) is 22.9 Å². The Hall–Kier alpha value is -3.72. The van der Waals surface area contributed by atoms with Gasteiger partial charge in [0.2, 0.25) is 6.79 Å². The lowest BCUT2D eigenvalue weighted by atomic mass is 10.2. The van der Waals surface area contributed by atoms with Gasteiger partial charge in [0.25, 0.3) is 15.9 Å². The summed E-state index contributed by atoms with van der Waals surface area (Å²) in [7, 11) is -2.46. The van der Waals surface area contributed by atoms with Crippen LogP contribution in [0.1, 0.15) is 15.9 Å². The Balaban J connectivity index is 1.47. The summed E-state index contributed by atoms with van der Waals surface area (Å²) in [5.74, 6) is 1.29. The van der Waals surface area contributed by atoms with Crippen molar-refractivity contribution >= 4 is 21.6 Å². The average Bonchev–Trinajstić information content (AvgIpc) is 3.25. The van der Waals surface area contributed by atoms with Crippen molar-refractivity contribution in [3.05, 3.63) is 77.9 Å². The van der Waals surface area contributed by atoms with Crippen molar-refractivity contribution in [1.29, 1.82) is 0 Å². The standard InChI is InChI=1S/C22H20N2O6S/c1-28-19-8-3-2-7-18(19)24-31(26,27)17-6-4-5-16(12-17)22(25)23-13-15-9-10-20-21(11-15)30-14-29-20/h2-12,24H,13-14H2,1H3,(H,23,25). The van der Waals surface area contributed by atoms with Crippen LogP contribution >= 0.6 is 0 Å². The zero-order chi connectivity index (χ0) is 21.8. The summed E-state index contributed by atoms with van der Waals surface area (Å²) < 4.78 is 43.9. The molecule has 2 N–H and O–H groups in total. The van der Waals surface area contributed by atoms with Crippen LogP contribution in [0.3, 0.4) is 0 Å². The molecule has 1 aliphatic rings. The van der Waals surface area contributed by atoms with Crippen LogP contribution in [0.4, 0.5) is 5.69 Å². The van der Waals surface area contributed by atoms with Crippen LogP contribution in [0.25, 0.3) is 0 Å². The number of methoxy groups -OCH3 is 1. The summed E-state index contributed by atoms with van der Waals surface area (Å²) in [6.07, 6.45) is 0. The highest BCUT2D eigenvalue weighted by molar-refractivity contribution is 7.92. The van der Waals surface area contributed by atoms with Gasteiger partial charge in [-0.25, -0.2) is 8.42 Å². The molecule has 1 amide bonds. The van der Waals surface area contributed by atoms with Gasteiger partial charge in [-0.2, -0.15) is 0 Å². The van der Waals surface area contributed by atoms with Gasteiger partial charge in [-0.05, 0) is 48.0 Å². The quantitative estimate of drug-likeness (QED) is 0.585. The Morgan fingerprint density at radius 1 is 1.00 bits per heavy atom. The van der Waals surface area contributed by atoms with Crippen LogP contribution in [0.5, 0.6) is 17.2 Å². The van der Waals surface area contributed by atoms with E-state index in [0.717, 1.165) is 5.56 Å². The first-order chi connectivity index (χ1) is 15.0. The maximum atomic E-state index is 12.8. The van der Waals surface area contributed by atoms with Crippen LogP contribution in [0.15, 0.2) is 71.6 Å². The summed E-state index contributed by atoms with van der Waals surface area (Å²) in [5.41, 5.74) is 1.37. The molecule has 8 nitrogen and oxygen atoms in total. The second kappa shape index (κ2) is 8.57. The number of fused-ring (bicyclic) bond motifs is 1. The fraction of sp³-hybridized carbons (Fsp3) is 0.136. The van der Waals surface area contributed by atoms with Gasteiger partial charge in [-0.1, -0.05) is 24.3 Å². The third-order valence-corrected chi connectivity index (χ3v) is 6.01. The van der Waals surface area contributed by atoms with Crippen LogP contribution < -0.4 is 24.2 Å². The number of hydrogen-bond donors (Lipinski definition) is 2. The third-order valence-electron chi connectivity index (χ3n) is 4.65. The number of benzene rings is 3. The fourth-order valence-electron chi connectivity index (χ4n) is 3.07. The van der Waals surface area contributed by atoms with Crippen molar-refractivity contribution in [3.63, 3.8) is 0 Å². The first-order valence-electron chi connectivity index (χ1n) is 9.39. The van der Waals surface area contributed by atoms with Gasteiger partial charge >= 0.3 is 0 Å². The molecule has 31 heavy (non-hydrogen) atoms. The van der Waals surface area contributed by atoms with E-state index >= 15 is 0 Å². The van der Waals surface area contributed by atoms with Crippen LogP contribution in [-0.2, 0) is 16.6 Å². The zero-order valence-corrected chi connectivity index (χ0v) is 17.4. The number of hydrogen-bond acceptors (Lipinski definition) is 6. The lowest BCUT2D eigenvalue weighted by Gasteiger charge is -2.12. The number of sulfonamides is 1. The first-order valence-corrected chi connectivity index (χ1v) is 10.9. The van der Waals surface area contributed by atoms with E-state index in [2.05, 4.69) is 10.0 Å². The molecular formula is C22H20N2O6S. The number of para-hydroxylation sites is 2. The lowest BCUT2D eigenvalue weighted by molar-refractivity contribution is 0.0950. The van der Waals surface area contributed by atoms with E-state index in [1.165, 1.54) is 25.3 Å². The van der Waals surface area contributed by atoms with Crippen molar-refractivity contribution in [1.82, 2.24) is 5.32 Å². The Kier molecular flexibility index (Phi) is 5.68. The van der Waals surface area contributed by atoms with Gasteiger partial charge in [-0.15, -0.1) is 0 Å². The highest BCUT2D eigenvalue weighted by atomic mass is 32.2. The number of amides is 1. The van der Waals surface area contributed by atoms with Gasteiger partial charge in [0.15, 0.2) is 11.5 Å². The molecule has 160 valence electrons. The predicted molar refractivity (Wildman–Crippen MR) is 114 cm³/mol. The van der Waals surface area contributed by atoms with Gasteiger partial charge in [0.1, 0.15) is 5.75 Å². The van der Waals surface area contributed by atoms with E-state index in [-0.39, 0.29) is 23.8 Å². The molecule has 9 heteroatoms. The van der Waals surface area contributed by atoms with Crippen molar-refractivity contribution in [2.75, 3.05) is 18.6 Å². The van der Waals surface area contributed by atoms with E-state index in [4.69, 9.17) is 14.2 Å². The Morgan fingerprint density at radius 2 is 1.81 bits per heavy atom. The molecule has 3 aromatic carbocycles. The molecule has 4 rings (SSSR count). The third kappa shape index (κ3) is 4.56. The molecule has 0 saturated carbocycles. The first kappa shape index (κ1) is 20.5. The summed E-state index contributed by atoms with van der Waals surface area (Å²) in [6.45, 7) is 0.432. The monoisotopic (exact) mass is 440 g/mol. The molecule has 1 heterocycles. The van der Waals surface area contributed by atoms with E-state index < -0.39 is 15.9 Å². The minimum Gasteiger partial charge on any atom is -0.495 e. The number of anilines is 1. The number of carbonyl (C=O) groups is 1. The zero-order valence-electron chi connectivity index (χ0n) is 16.6. The van der Waals surface area contributed by atoms with Crippen LogP contribution in [-0.4, -0.2) is 28.2 Å². The molecule has 3 aromatic rings. The Bertz CT molecular complexity index is 1230. The molecule has 0 spiro atoms. The number of carbonyl (C=O) groups excluding carboxylic acids is 1. The van der Waals surface area contributed by atoms with Gasteiger partial charge < -0.3 is 19.5 Å². The molecule has 0 bridgehead atoms. The summed E-state index contributed by atoms with van der Waals surface area (Å²) in [4.78, 5) is 12.6. The number of nitrogens with one attached hydrogen (secondary N) is 2. The molecule has 0 saturated heterocycles. The van der Waals surface area contributed by atoms with E-state index in [9.17, 15) is 13.2 Å². The topological polar surface area (TPSA) is 103 Å². The van der Waals surface area contributed by atoms with Crippen molar-refractivity contribution in [2.45, 2.75) is 11.4 Å². The van der Waals surface area contributed by atoms with Gasteiger partial charge in [0, 0.05) is 12.1 Å². The largest absolute Gasteiger partial charge is 0.495 e. The van der Waals surface area contributed by atoms with Crippen molar-refractivity contribution in [3.8, 4) is 17.2 Å². The average molecular weight is 440 g/mol. The summed E-state index contributed by atoms with van der Waals surface area (Å²) >= 11 is 0. The summed E-state index contributed by atoms with van der Waals surface area (Å²) in [5, 5.41) is 2.78. The van der Waals surface area contributed by atoms with E-state index in [1.54, 1.807) is 42.5 Å². The molecule has 0 radical (unpaired) electrons. The number of ether oxygens (including phenoxy) is 3. The molecule has 0 fully saturated rings. The predicted octanol–water partition coefficient (Wildman–Crippen LogP) is 3.15. The molecular weight excluding hydrogens is 420 g/mol. The second-order valence-corrected chi connectivity index (χ2v) is 8.39. The van der Waals surface area contributed by atoms with Crippen LogP contribution in [0, 0.1) is 0 Å². The van der Waals surface area contributed by atoms with Gasteiger partial charge in [0.05, 0.1) is 17.7 Å². The lowest BCUT2D eigenvalue weighted by Crippen LogP contribution is -2.23. The summed E-state index contributed by atoms with van der Waals surface area (Å²) in [6, 6.07) is 17.9. The maximum Gasteiger partial charge on any atom is 0.262 e.